The maximum absolute atomic E-state index is 12.5. The quantitative estimate of drug-likeness (QED) is 0.894. The van der Waals surface area contributed by atoms with Crippen molar-refractivity contribution in [2.45, 2.75) is 25.2 Å². The number of hydrogen-bond acceptors (Lipinski definition) is 4. The van der Waals surface area contributed by atoms with Crippen LogP contribution in [0, 0.1) is 0 Å². The first kappa shape index (κ1) is 16.1. The molecule has 1 aliphatic heterocycles. The molecule has 0 saturated carbocycles. The van der Waals surface area contributed by atoms with Gasteiger partial charge >= 0.3 is 12.5 Å². The van der Waals surface area contributed by atoms with E-state index in [0.29, 0.717) is 25.2 Å². The molecule has 0 spiro atoms. The van der Waals surface area contributed by atoms with E-state index in [0.717, 1.165) is 6.07 Å². The van der Waals surface area contributed by atoms with E-state index in [1.165, 1.54) is 23.1 Å². The Morgan fingerprint density at radius 1 is 1.38 bits per heavy atom. The first-order chi connectivity index (χ1) is 11.3. The lowest BCUT2D eigenvalue weighted by molar-refractivity contribution is -0.274. The second kappa shape index (κ2) is 6.02. The van der Waals surface area contributed by atoms with Crippen molar-refractivity contribution in [3.8, 4) is 17.1 Å². The number of alkyl halides is 3. The predicted molar refractivity (Wildman–Crippen MR) is 75.2 cm³/mol. The van der Waals surface area contributed by atoms with Gasteiger partial charge in [0.05, 0.1) is 11.6 Å². The number of ether oxygens (including phenoxy) is 1. The van der Waals surface area contributed by atoms with Crippen molar-refractivity contribution in [3.05, 3.63) is 30.1 Å². The molecule has 0 bridgehead atoms. The third-order valence-electron chi connectivity index (χ3n) is 3.67. The minimum atomic E-state index is -4.83. The van der Waals surface area contributed by atoms with E-state index in [2.05, 4.69) is 19.9 Å². The molecular weight excluding hydrogens is 329 g/mol. The van der Waals surface area contributed by atoms with E-state index >= 15 is 0 Å². The van der Waals surface area contributed by atoms with Gasteiger partial charge in [-0.3, -0.25) is 10.00 Å². The largest absolute Gasteiger partial charge is 0.573 e. The van der Waals surface area contributed by atoms with E-state index in [-0.39, 0.29) is 11.4 Å². The molecule has 1 atom stereocenters. The summed E-state index contributed by atoms with van der Waals surface area (Å²) in [5.41, 5.74) is 0.0668. The zero-order chi connectivity index (χ0) is 17.3. The summed E-state index contributed by atoms with van der Waals surface area (Å²) in [7, 11) is 0. The number of rotatable bonds is 3. The van der Waals surface area contributed by atoms with Crippen molar-refractivity contribution in [1.82, 2.24) is 20.1 Å². The second-order valence-corrected chi connectivity index (χ2v) is 5.22. The van der Waals surface area contributed by atoms with Gasteiger partial charge in [-0.2, -0.15) is 5.10 Å². The van der Waals surface area contributed by atoms with Crippen LogP contribution < -0.4 is 4.74 Å². The number of H-pyrrole nitrogens is 1. The monoisotopic (exact) mass is 342 g/mol. The molecule has 1 aromatic carbocycles. The topological polar surface area (TPSA) is 91.3 Å². The molecule has 2 N–H and O–H groups in total. The lowest BCUT2D eigenvalue weighted by atomic mass is 10.2. The Morgan fingerprint density at radius 3 is 2.83 bits per heavy atom. The first-order valence-corrected chi connectivity index (χ1v) is 7.12. The summed E-state index contributed by atoms with van der Waals surface area (Å²) in [5, 5.41) is 15.7. The molecule has 1 aromatic heterocycles. The van der Waals surface area contributed by atoms with Gasteiger partial charge in [0.25, 0.3) is 0 Å². The molecule has 3 rings (SSSR count). The summed E-state index contributed by atoms with van der Waals surface area (Å²) in [6, 6.07) is 5.02. The van der Waals surface area contributed by atoms with Gasteiger partial charge in [-0.15, -0.1) is 13.2 Å². The number of carbonyl (C=O) groups is 1. The number of aromatic amines is 1. The van der Waals surface area contributed by atoms with E-state index in [1.54, 1.807) is 0 Å². The molecule has 0 radical (unpaired) electrons. The Balaban J connectivity index is 1.90. The van der Waals surface area contributed by atoms with Crippen LogP contribution in [-0.4, -0.2) is 44.2 Å². The van der Waals surface area contributed by atoms with Gasteiger partial charge in [0, 0.05) is 6.54 Å². The Kier molecular flexibility index (Phi) is 4.04. The van der Waals surface area contributed by atoms with Crippen LogP contribution >= 0.6 is 0 Å². The van der Waals surface area contributed by atoms with Gasteiger partial charge in [-0.25, -0.2) is 9.78 Å². The number of hydrogen-bond donors (Lipinski definition) is 2. The van der Waals surface area contributed by atoms with Crippen molar-refractivity contribution in [1.29, 1.82) is 0 Å². The molecule has 1 amide bonds. The van der Waals surface area contributed by atoms with E-state index in [9.17, 15) is 18.0 Å². The molecule has 2 heterocycles. The number of amides is 1. The van der Waals surface area contributed by atoms with Crippen molar-refractivity contribution in [3.63, 3.8) is 0 Å². The summed E-state index contributed by atoms with van der Waals surface area (Å²) >= 11 is 0. The predicted octanol–water partition coefficient (Wildman–Crippen LogP) is 3.19. The van der Waals surface area contributed by atoms with E-state index in [1.807, 2.05) is 0 Å². The molecule has 24 heavy (non-hydrogen) atoms. The van der Waals surface area contributed by atoms with Crippen molar-refractivity contribution in [2.75, 3.05) is 6.54 Å². The van der Waals surface area contributed by atoms with Gasteiger partial charge in [-0.05, 0) is 25.0 Å². The normalized spacial score (nSPS) is 18.0. The van der Waals surface area contributed by atoms with Gasteiger partial charge in [0.15, 0.2) is 5.82 Å². The standard InChI is InChI=1S/C14H13F3N4O3/c15-14(16,17)24-10-6-2-1-4-8(10)11-18-12(20-19-11)9-5-3-7-21(9)13(22)23/h1-2,4,6,9H,3,5,7H2,(H,22,23)(H,18,19,20)/t9-/m0/s1. The minimum Gasteiger partial charge on any atom is -0.465 e. The van der Waals surface area contributed by atoms with Crippen LogP contribution in [-0.2, 0) is 0 Å². The molecule has 1 fully saturated rings. The molecule has 10 heteroatoms. The highest BCUT2D eigenvalue weighted by Gasteiger charge is 2.34. The molecular formula is C14H13F3N4O3. The van der Waals surface area contributed by atoms with Crippen LogP contribution in [0.3, 0.4) is 0 Å². The molecule has 2 aromatic rings. The van der Waals surface area contributed by atoms with Gasteiger partial charge in [-0.1, -0.05) is 12.1 Å². The summed E-state index contributed by atoms with van der Waals surface area (Å²) in [4.78, 5) is 16.6. The SMILES string of the molecule is O=C(O)N1CCC[C@H]1c1nc(-c2ccccc2OC(F)(F)F)n[nH]1. The average molecular weight is 342 g/mol. The minimum absolute atomic E-state index is 0.0158. The number of benzene rings is 1. The summed E-state index contributed by atoms with van der Waals surface area (Å²) in [6.07, 6.45) is -4.65. The van der Waals surface area contributed by atoms with Gasteiger partial charge in [0.1, 0.15) is 11.6 Å². The highest BCUT2D eigenvalue weighted by Crippen LogP contribution is 2.34. The Morgan fingerprint density at radius 2 is 2.12 bits per heavy atom. The zero-order valence-electron chi connectivity index (χ0n) is 12.2. The summed E-state index contributed by atoms with van der Waals surface area (Å²) in [5.74, 6) is -0.106. The fourth-order valence-electron chi connectivity index (χ4n) is 2.69. The lowest BCUT2D eigenvalue weighted by Gasteiger charge is -2.18. The third-order valence-corrected chi connectivity index (χ3v) is 3.67. The van der Waals surface area contributed by atoms with Crippen LogP contribution in [0.4, 0.5) is 18.0 Å². The van der Waals surface area contributed by atoms with Crippen LogP contribution in [0.15, 0.2) is 24.3 Å². The van der Waals surface area contributed by atoms with Crippen molar-refractivity contribution >= 4 is 6.09 Å². The van der Waals surface area contributed by atoms with Crippen molar-refractivity contribution in [2.24, 2.45) is 0 Å². The maximum Gasteiger partial charge on any atom is 0.573 e. The highest BCUT2D eigenvalue weighted by atomic mass is 19.4. The summed E-state index contributed by atoms with van der Waals surface area (Å²) < 4.78 is 41.4. The summed E-state index contributed by atoms with van der Waals surface area (Å²) in [6.45, 7) is 0.379. The molecule has 0 aliphatic carbocycles. The van der Waals surface area contributed by atoms with Crippen LogP contribution in [0.2, 0.25) is 0 Å². The van der Waals surface area contributed by atoms with Crippen LogP contribution in [0.25, 0.3) is 11.4 Å². The van der Waals surface area contributed by atoms with Gasteiger partial charge in [0.2, 0.25) is 0 Å². The number of nitrogens with zero attached hydrogens (tertiary/aromatic N) is 3. The Bertz CT molecular complexity index is 747. The molecule has 1 saturated heterocycles. The number of carboxylic acid groups (broad SMARTS) is 1. The number of nitrogens with one attached hydrogen (secondary N) is 1. The third kappa shape index (κ3) is 3.26. The number of halogens is 3. The maximum atomic E-state index is 12.5. The fraction of sp³-hybridized carbons (Fsp3) is 0.357. The highest BCUT2D eigenvalue weighted by molar-refractivity contribution is 5.66. The van der Waals surface area contributed by atoms with Gasteiger partial charge < -0.3 is 9.84 Å². The average Bonchev–Trinajstić information content (AvgIpc) is 3.15. The second-order valence-electron chi connectivity index (χ2n) is 5.22. The Hall–Kier alpha value is -2.78. The number of likely N-dealkylation sites (tertiary alicyclic amines) is 1. The number of aromatic nitrogens is 3. The molecule has 1 aliphatic rings. The zero-order valence-corrected chi connectivity index (χ0v) is 12.2. The fourth-order valence-corrected chi connectivity index (χ4v) is 2.69. The Labute approximate surface area is 134 Å². The van der Waals surface area contributed by atoms with E-state index in [4.69, 9.17) is 5.11 Å². The van der Waals surface area contributed by atoms with E-state index < -0.39 is 24.2 Å². The number of para-hydroxylation sites is 1. The van der Waals surface area contributed by atoms with Crippen LogP contribution in [0.1, 0.15) is 24.7 Å². The molecule has 0 unspecified atom stereocenters. The molecule has 7 nitrogen and oxygen atoms in total. The van der Waals surface area contributed by atoms with Crippen molar-refractivity contribution < 1.29 is 27.8 Å². The van der Waals surface area contributed by atoms with Crippen LogP contribution in [0.5, 0.6) is 5.75 Å². The first-order valence-electron chi connectivity index (χ1n) is 7.12. The lowest BCUT2D eigenvalue weighted by Crippen LogP contribution is -2.29. The molecule has 128 valence electrons. The smallest absolute Gasteiger partial charge is 0.465 e.